The zero-order valence-corrected chi connectivity index (χ0v) is 12.1. The van der Waals surface area contributed by atoms with E-state index in [-0.39, 0.29) is 13.0 Å². The van der Waals surface area contributed by atoms with Gasteiger partial charge in [-0.3, -0.25) is 0 Å². The van der Waals surface area contributed by atoms with Gasteiger partial charge in [-0.05, 0) is 6.92 Å². The lowest BCUT2D eigenvalue weighted by atomic mass is 10.2. The van der Waals surface area contributed by atoms with Gasteiger partial charge in [0.2, 0.25) is 0 Å². The van der Waals surface area contributed by atoms with E-state index in [1.54, 1.807) is 0 Å². The Morgan fingerprint density at radius 1 is 1.52 bits per heavy atom. The van der Waals surface area contributed by atoms with Crippen molar-refractivity contribution < 1.29 is 14.7 Å². The maximum absolute atomic E-state index is 11.7. The van der Waals surface area contributed by atoms with Crippen molar-refractivity contribution in [1.82, 2.24) is 25.6 Å². The molecule has 0 radical (unpaired) electrons. The normalized spacial score (nSPS) is 11.9. The van der Waals surface area contributed by atoms with E-state index in [0.717, 1.165) is 10.7 Å². The third-order valence-corrected chi connectivity index (χ3v) is 3.62. The van der Waals surface area contributed by atoms with Gasteiger partial charge >= 0.3 is 12.0 Å². The number of nitrogens with one attached hydrogen (secondary N) is 3. The van der Waals surface area contributed by atoms with E-state index in [0.29, 0.717) is 5.69 Å². The van der Waals surface area contributed by atoms with Gasteiger partial charge in [-0.15, -0.1) is 11.3 Å². The molecule has 2 aromatic heterocycles. The molecule has 2 amide bonds. The molecule has 0 spiro atoms. The summed E-state index contributed by atoms with van der Waals surface area (Å²) in [6.07, 6.45) is 3.12. The fraction of sp³-hybridized carbons (Fsp3) is 0.333. The van der Waals surface area contributed by atoms with Crippen LogP contribution in [0.2, 0.25) is 0 Å². The molecule has 2 heterocycles. The van der Waals surface area contributed by atoms with Crippen molar-refractivity contribution >= 4 is 23.3 Å². The van der Waals surface area contributed by atoms with E-state index < -0.39 is 18.0 Å². The number of aliphatic carboxylic acids is 1. The van der Waals surface area contributed by atoms with E-state index in [4.69, 9.17) is 5.11 Å². The molecular weight excluding hydrogens is 294 g/mol. The van der Waals surface area contributed by atoms with Gasteiger partial charge in [0.25, 0.3) is 0 Å². The zero-order valence-electron chi connectivity index (χ0n) is 11.3. The monoisotopic (exact) mass is 309 g/mol. The van der Waals surface area contributed by atoms with Crippen LogP contribution in [0.4, 0.5) is 4.79 Å². The highest BCUT2D eigenvalue weighted by Gasteiger charge is 2.20. The molecule has 0 unspecified atom stereocenters. The molecule has 0 aromatic carbocycles. The van der Waals surface area contributed by atoms with Crippen LogP contribution in [0.1, 0.15) is 16.4 Å². The number of amides is 2. The van der Waals surface area contributed by atoms with Gasteiger partial charge in [-0.1, -0.05) is 0 Å². The quantitative estimate of drug-likeness (QED) is 0.625. The summed E-state index contributed by atoms with van der Waals surface area (Å²) < 4.78 is 0. The number of carbonyl (C=O) groups is 2. The van der Waals surface area contributed by atoms with Gasteiger partial charge < -0.3 is 20.7 Å². The van der Waals surface area contributed by atoms with Crippen LogP contribution >= 0.6 is 11.3 Å². The number of thiazole rings is 1. The van der Waals surface area contributed by atoms with Crippen molar-refractivity contribution in [2.24, 2.45) is 0 Å². The zero-order chi connectivity index (χ0) is 15.2. The number of aromatic amines is 1. The molecule has 0 fully saturated rings. The molecule has 4 N–H and O–H groups in total. The number of urea groups is 1. The van der Waals surface area contributed by atoms with E-state index >= 15 is 0 Å². The molecule has 2 aromatic rings. The van der Waals surface area contributed by atoms with Gasteiger partial charge in [-0.25, -0.2) is 19.6 Å². The first-order valence-corrected chi connectivity index (χ1v) is 7.08. The second-order valence-electron chi connectivity index (χ2n) is 4.38. The number of carbonyl (C=O) groups excluding carboxylic acids is 1. The minimum absolute atomic E-state index is 0.138. The molecule has 0 aliphatic heterocycles. The van der Waals surface area contributed by atoms with Crippen LogP contribution in [0.25, 0.3) is 0 Å². The van der Waals surface area contributed by atoms with E-state index in [9.17, 15) is 9.59 Å². The van der Waals surface area contributed by atoms with Gasteiger partial charge in [-0.2, -0.15) is 0 Å². The second kappa shape index (κ2) is 6.84. The minimum Gasteiger partial charge on any atom is -0.480 e. The fourth-order valence-electron chi connectivity index (χ4n) is 1.67. The SMILES string of the molecule is Cc1csc(CNC(=O)N[C@H](Cc2cnc[nH]2)C(=O)O)n1. The molecule has 8 nitrogen and oxygen atoms in total. The van der Waals surface area contributed by atoms with Crippen LogP contribution in [-0.4, -0.2) is 38.1 Å². The Kier molecular flexibility index (Phi) is 4.88. The van der Waals surface area contributed by atoms with Gasteiger partial charge in [0, 0.05) is 29.4 Å². The molecule has 1 atom stereocenters. The first-order chi connectivity index (χ1) is 10.0. The molecule has 2 rings (SSSR count). The molecule has 21 heavy (non-hydrogen) atoms. The Hall–Kier alpha value is -2.42. The Morgan fingerprint density at radius 2 is 2.33 bits per heavy atom. The smallest absolute Gasteiger partial charge is 0.326 e. The van der Waals surface area contributed by atoms with Gasteiger partial charge in [0.15, 0.2) is 0 Å². The second-order valence-corrected chi connectivity index (χ2v) is 5.32. The largest absolute Gasteiger partial charge is 0.480 e. The van der Waals surface area contributed by atoms with Crippen LogP contribution in [0.5, 0.6) is 0 Å². The summed E-state index contributed by atoms with van der Waals surface area (Å²) >= 11 is 1.44. The van der Waals surface area contributed by atoms with Crippen molar-refractivity contribution in [3.63, 3.8) is 0 Å². The molecule has 0 saturated heterocycles. The Morgan fingerprint density at radius 3 is 2.90 bits per heavy atom. The maximum atomic E-state index is 11.7. The number of aryl methyl sites for hydroxylation is 1. The lowest BCUT2D eigenvalue weighted by Gasteiger charge is -2.14. The number of nitrogens with zero attached hydrogens (tertiary/aromatic N) is 2. The van der Waals surface area contributed by atoms with Gasteiger partial charge in [0.1, 0.15) is 11.0 Å². The summed E-state index contributed by atoms with van der Waals surface area (Å²) in [6.45, 7) is 2.13. The molecule has 0 bridgehead atoms. The lowest BCUT2D eigenvalue weighted by Crippen LogP contribution is -2.46. The third kappa shape index (κ3) is 4.56. The van der Waals surface area contributed by atoms with Crippen molar-refractivity contribution in [2.45, 2.75) is 25.9 Å². The number of carboxylic acid groups (broad SMARTS) is 1. The summed E-state index contributed by atoms with van der Waals surface area (Å²) in [5.41, 5.74) is 1.53. The van der Waals surface area contributed by atoms with Crippen LogP contribution < -0.4 is 10.6 Å². The minimum atomic E-state index is -1.11. The summed E-state index contributed by atoms with van der Waals surface area (Å²) in [5, 5.41) is 16.8. The maximum Gasteiger partial charge on any atom is 0.326 e. The Bertz CT molecular complexity index is 610. The highest BCUT2D eigenvalue weighted by Crippen LogP contribution is 2.07. The average Bonchev–Trinajstić information content (AvgIpc) is 3.07. The molecule has 112 valence electrons. The predicted octanol–water partition coefficient (Wildman–Crippen LogP) is 0.670. The molecule has 0 aliphatic carbocycles. The number of hydrogen-bond acceptors (Lipinski definition) is 5. The van der Waals surface area contributed by atoms with Crippen LogP contribution in [-0.2, 0) is 17.8 Å². The van der Waals surface area contributed by atoms with Crippen molar-refractivity contribution in [3.05, 3.63) is 34.3 Å². The van der Waals surface area contributed by atoms with E-state index in [1.807, 2.05) is 12.3 Å². The highest BCUT2D eigenvalue weighted by molar-refractivity contribution is 7.09. The summed E-state index contributed by atoms with van der Waals surface area (Å²) in [6, 6.07) is -1.57. The summed E-state index contributed by atoms with van der Waals surface area (Å²) in [5.74, 6) is -1.11. The Balaban J connectivity index is 1.84. The van der Waals surface area contributed by atoms with Crippen LogP contribution in [0, 0.1) is 6.92 Å². The summed E-state index contributed by atoms with van der Waals surface area (Å²) in [4.78, 5) is 33.7. The van der Waals surface area contributed by atoms with Gasteiger partial charge in [0.05, 0.1) is 12.9 Å². The van der Waals surface area contributed by atoms with Crippen molar-refractivity contribution in [1.29, 1.82) is 0 Å². The van der Waals surface area contributed by atoms with Crippen molar-refractivity contribution in [2.75, 3.05) is 0 Å². The first kappa shape index (κ1) is 15.0. The molecule has 0 aliphatic rings. The van der Waals surface area contributed by atoms with E-state index in [1.165, 1.54) is 23.9 Å². The lowest BCUT2D eigenvalue weighted by molar-refractivity contribution is -0.139. The summed E-state index contributed by atoms with van der Waals surface area (Å²) in [7, 11) is 0. The standard InChI is InChI=1S/C12H15N5O3S/c1-7-5-21-10(16-7)4-14-12(20)17-9(11(18)19)2-8-3-13-6-15-8/h3,5-6,9H,2,4H2,1H3,(H,13,15)(H,18,19)(H2,14,17,20)/t9-/m1/s1. The highest BCUT2D eigenvalue weighted by atomic mass is 32.1. The number of H-pyrrole nitrogens is 1. The number of hydrogen-bond donors (Lipinski definition) is 4. The molecule has 9 heteroatoms. The number of carboxylic acids is 1. The number of aromatic nitrogens is 3. The third-order valence-electron chi connectivity index (χ3n) is 2.65. The van der Waals surface area contributed by atoms with Crippen LogP contribution in [0.3, 0.4) is 0 Å². The first-order valence-electron chi connectivity index (χ1n) is 6.20. The topological polar surface area (TPSA) is 120 Å². The molecule has 0 saturated carbocycles. The average molecular weight is 309 g/mol. The Labute approximate surface area is 124 Å². The predicted molar refractivity (Wildman–Crippen MR) is 75.9 cm³/mol. The number of rotatable bonds is 6. The molecular formula is C12H15N5O3S. The fourth-order valence-corrected chi connectivity index (χ4v) is 2.38. The van der Waals surface area contributed by atoms with Crippen molar-refractivity contribution in [3.8, 4) is 0 Å². The van der Waals surface area contributed by atoms with Crippen LogP contribution in [0.15, 0.2) is 17.9 Å². The van der Waals surface area contributed by atoms with E-state index in [2.05, 4.69) is 25.6 Å². The number of imidazole rings is 1.